The van der Waals surface area contributed by atoms with Gasteiger partial charge in [0.2, 0.25) is 0 Å². The lowest BCUT2D eigenvalue weighted by molar-refractivity contribution is -1.92. The van der Waals surface area contributed by atoms with Gasteiger partial charge in [0.1, 0.15) is 0 Å². The summed E-state index contributed by atoms with van der Waals surface area (Å²) >= 11 is 0. The molecule has 1 aromatic carbocycles. The van der Waals surface area contributed by atoms with Gasteiger partial charge in [0.15, 0.2) is 0 Å². The number of carbonyl (C=O) groups is 1. The Bertz CT molecular complexity index is 760. The van der Waals surface area contributed by atoms with Gasteiger partial charge >= 0.3 is 5.97 Å². The van der Waals surface area contributed by atoms with Crippen LogP contribution in [0, 0.1) is 17.2 Å². The predicted octanol–water partition coefficient (Wildman–Crippen LogP) is -1.61. The molecule has 0 atom stereocenters. The van der Waals surface area contributed by atoms with Crippen LogP contribution in [-0.4, -0.2) is 35.1 Å². The highest BCUT2D eigenvalue weighted by Gasteiger charge is 2.17. The fraction of sp³-hybridized carbons (Fsp3) is 0.294. The van der Waals surface area contributed by atoms with Gasteiger partial charge in [-0.05, 0) is 18.6 Å². The molecule has 1 aromatic heterocycles. The molecule has 0 fully saturated rings. The van der Waals surface area contributed by atoms with Crippen LogP contribution in [0.4, 0.5) is 0 Å². The molecule has 2 aromatic rings. The second kappa shape index (κ2) is 9.46. The Kier molecular flexibility index (Phi) is 7.94. The number of nitrogens with zero attached hydrogens (tertiary/aromatic N) is 2. The molecule has 0 aliphatic rings. The number of carbonyl (C=O) groups excluding carboxylic acids is 1. The van der Waals surface area contributed by atoms with Gasteiger partial charge in [-0.2, -0.15) is 14.0 Å². The number of aryl methyl sites for hydroxylation is 1. The van der Waals surface area contributed by atoms with Crippen molar-refractivity contribution in [1.82, 2.24) is 4.57 Å². The lowest BCUT2D eigenvalue weighted by atomic mass is 10.0. The fourth-order valence-electron chi connectivity index (χ4n) is 2.53. The minimum Gasteiger partial charge on any atom is -0.469 e. The van der Waals surface area contributed by atoms with Crippen LogP contribution >= 0.6 is 0 Å². The molecule has 0 unspecified atom stereocenters. The summed E-state index contributed by atoms with van der Waals surface area (Å²) in [6.45, 7) is 2.03. The molecular formula is C17H21ClN2O6. The fourth-order valence-corrected chi connectivity index (χ4v) is 2.53. The molecule has 26 heavy (non-hydrogen) atoms. The summed E-state index contributed by atoms with van der Waals surface area (Å²) in [5, 5.41) is 0. The van der Waals surface area contributed by atoms with Gasteiger partial charge in [-0.1, -0.05) is 30.3 Å². The van der Waals surface area contributed by atoms with Gasteiger partial charge in [-0.3, -0.25) is 9.79 Å². The lowest BCUT2D eigenvalue weighted by Gasteiger charge is -2.11. The molecule has 0 amide bonds. The van der Waals surface area contributed by atoms with Crippen molar-refractivity contribution in [2.45, 2.75) is 13.3 Å². The SMILES string of the molecule is CN=C(c1ccccc1)c1c(C)cc(CC(=O)OC)n1C.[O-][Cl+3]([O-])([O-])O. The van der Waals surface area contributed by atoms with Crippen molar-refractivity contribution in [1.29, 1.82) is 0 Å². The molecule has 2 rings (SSSR count). The second-order valence-electron chi connectivity index (χ2n) is 5.31. The summed E-state index contributed by atoms with van der Waals surface area (Å²) in [5.41, 5.74) is 5.04. The van der Waals surface area contributed by atoms with Crippen molar-refractivity contribution >= 4 is 11.7 Å². The zero-order valence-electron chi connectivity index (χ0n) is 14.9. The zero-order chi connectivity index (χ0) is 19.9. The van der Waals surface area contributed by atoms with Crippen LogP contribution in [0.25, 0.3) is 0 Å². The molecule has 1 heterocycles. The van der Waals surface area contributed by atoms with Crippen LogP contribution in [0.3, 0.4) is 0 Å². The number of benzene rings is 1. The summed E-state index contributed by atoms with van der Waals surface area (Å²) in [4.78, 5) is 15.9. The smallest absolute Gasteiger partial charge is 0.311 e. The van der Waals surface area contributed by atoms with E-state index in [2.05, 4.69) is 4.99 Å². The first-order valence-corrected chi connectivity index (χ1v) is 8.72. The topological polar surface area (TPSA) is 133 Å². The summed E-state index contributed by atoms with van der Waals surface area (Å²) in [5.74, 6) is -0.239. The minimum atomic E-state index is -4.69. The molecule has 0 spiro atoms. The average Bonchev–Trinajstić information content (AvgIpc) is 2.83. The predicted molar refractivity (Wildman–Crippen MR) is 86.1 cm³/mol. The Labute approximate surface area is 153 Å². The van der Waals surface area contributed by atoms with E-state index in [9.17, 15) is 4.79 Å². The third kappa shape index (κ3) is 6.58. The number of methoxy groups -OCH3 is 1. The number of halogens is 1. The number of hydrogen-bond donors (Lipinski definition) is 1. The van der Waals surface area contributed by atoms with E-state index in [1.807, 2.05) is 54.9 Å². The van der Waals surface area contributed by atoms with E-state index in [0.717, 1.165) is 28.2 Å². The molecule has 0 radical (unpaired) electrons. The lowest BCUT2D eigenvalue weighted by Crippen LogP contribution is -2.58. The molecule has 142 valence electrons. The van der Waals surface area contributed by atoms with Gasteiger partial charge in [-0.15, -0.1) is 0 Å². The molecule has 9 heteroatoms. The van der Waals surface area contributed by atoms with E-state index < -0.39 is 10.2 Å². The Morgan fingerprint density at radius 1 is 1.27 bits per heavy atom. The third-order valence-electron chi connectivity index (χ3n) is 3.57. The number of rotatable bonds is 4. The van der Waals surface area contributed by atoms with Crippen molar-refractivity contribution in [3.05, 3.63) is 58.9 Å². The highest BCUT2D eigenvalue weighted by molar-refractivity contribution is 6.12. The van der Waals surface area contributed by atoms with E-state index in [1.54, 1.807) is 7.05 Å². The van der Waals surface area contributed by atoms with E-state index in [1.165, 1.54) is 7.11 Å². The van der Waals surface area contributed by atoms with Crippen LogP contribution in [-0.2, 0) is 23.0 Å². The molecule has 0 aliphatic heterocycles. The highest BCUT2D eigenvalue weighted by Crippen LogP contribution is 2.19. The number of hydrogen-bond acceptors (Lipinski definition) is 7. The Morgan fingerprint density at radius 3 is 2.27 bits per heavy atom. The molecule has 0 bridgehead atoms. The third-order valence-corrected chi connectivity index (χ3v) is 3.57. The monoisotopic (exact) mass is 384 g/mol. The normalized spacial score (nSPS) is 11.6. The minimum absolute atomic E-state index is 0.239. The van der Waals surface area contributed by atoms with Crippen LogP contribution in [0.1, 0.15) is 22.5 Å². The van der Waals surface area contributed by atoms with Crippen LogP contribution in [0.15, 0.2) is 41.4 Å². The zero-order valence-corrected chi connectivity index (χ0v) is 15.7. The molecule has 0 saturated heterocycles. The van der Waals surface area contributed by atoms with Gasteiger partial charge in [0, 0.05) is 25.4 Å². The van der Waals surface area contributed by atoms with E-state index in [4.69, 9.17) is 23.4 Å². The summed E-state index contributed by atoms with van der Waals surface area (Å²) in [7, 11) is 0.450. The van der Waals surface area contributed by atoms with E-state index in [-0.39, 0.29) is 12.4 Å². The van der Waals surface area contributed by atoms with Gasteiger partial charge in [0.05, 0.1) is 39.8 Å². The molecular weight excluding hydrogens is 364 g/mol. The van der Waals surface area contributed by atoms with E-state index >= 15 is 0 Å². The highest BCUT2D eigenvalue weighted by atomic mass is 35.7. The number of aromatic nitrogens is 1. The average molecular weight is 385 g/mol. The first kappa shape index (κ1) is 21.8. The maximum atomic E-state index is 11.5. The van der Waals surface area contributed by atoms with Crippen molar-refractivity contribution in [2.75, 3.05) is 14.2 Å². The largest absolute Gasteiger partial charge is 0.469 e. The van der Waals surface area contributed by atoms with Crippen molar-refractivity contribution in [3.63, 3.8) is 0 Å². The van der Waals surface area contributed by atoms with Gasteiger partial charge in [-0.25, -0.2) is 0 Å². The number of ether oxygens (including phenoxy) is 1. The van der Waals surface area contributed by atoms with Gasteiger partial charge in [0.25, 0.3) is 0 Å². The van der Waals surface area contributed by atoms with Crippen LogP contribution in [0.5, 0.6) is 0 Å². The van der Waals surface area contributed by atoms with Crippen molar-refractivity contribution in [2.24, 2.45) is 12.0 Å². The first-order chi connectivity index (χ1) is 12.1. The molecule has 1 N–H and O–H groups in total. The summed E-state index contributed by atoms with van der Waals surface area (Å²) in [6, 6.07) is 12.1. The molecule has 8 nitrogen and oxygen atoms in total. The summed E-state index contributed by atoms with van der Waals surface area (Å²) in [6.07, 6.45) is 0.264. The number of aliphatic imine (C=N–C) groups is 1. The Balaban J connectivity index is 0.000000597. The Morgan fingerprint density at radius 2 is 1.81 bits per heavy atom. The van der Waals surface area contributed by atoms with Crippen LogP contribution in [0.2, 0.25) is 0 Å². The van der Waals surface area contributed by atoms with E-state index in [0.29, 0.717) is 0 Å². The van der Waals surface area contributed by atoms with Crippen molar-refractivity contribution in [3.8, 4) is 0 Å². The quantitative estimate of drug-likeness (QED) is 0.498. The maximum Gasteiger partial charge on any atom is 0.311 e. The van der Waals surface area contributed by atoms with Crippen LogP contribution < -0.4 is 14.0 Å². The second-order valence-corrected chi connectivity index (χ2v) is 6.11. The standard InChI is InChI=1S/C17H20N2O2.ClHO4/c1-12-10-14(11-15(20)21-4)19(3)17(12)16(18-2)13-8-6-5-7-9-13;2-1(3,4)5/h5-10H,11H2,1-4H3;(H,2,3,4,5). The maximum absolute atomic E-state index is 11.5. The molecule has 0 aliphatic carbocycles. The molecule has 0 saturated carbocycles. The van der Waals surface area contributed by atoms with Crippen molar-refractivity contribution < 1.29 is 38.4 Å². The number of esters is 1. The van der Waals surface area contributed by atoms with Gasteiger partial charge < -0.3 is 9.30 Å². The summed E-state index contributed by atoms with van der Waals surface area (Å²) < 4.78 is 39.5. The first-order valence-electron chi connectivity index (χ1n) is 7.46. The Hall–Kier alpha value is -2.23.